The third kappa shape index (κ3) is 2.38. The third-order valence-corrected chi connectivity index (χ3v) is 1.90. The number of anilines is 1. The number of pyridine rings is 1. The zero-order chi connectivity index (χ0) is 8.97. The van der Waals surface area contributed by atoms with Crippen LogP contribution in [0.15, 0.2) is 24.5 Å². The van der Waals surface area contributed by atoms with Crippen LogP contribution in [0.3, 0.4) is 0 Å². The molecule has 0 aliphatic carbocycles. The lowest BCUT2D eigenvalue weighted by Gasteiger charge is -2.10. The molecule has 0 aromatic carbocycles. The first-order valence-electron chi connectivity index (χ1n) is 3.96. The van der Waals surface area contributed by atoms with E-state index in [1.165, 1.54) is 5.69 Å². The molecule has 0 radical (unpaired) electrons. The molecule has 1 rings (SSSR count). The van der Waals surface area contributed by atoms with Crippen LogP contribution in [0.1, 0.15) is 0 Å². The summed E-state index contributed by atoms with van der Waals surface area (Å²) in [5.41, 5.74) is 1.21. The molecule has 0 saturated heterocycles. The maximum Gasteiger partial charge on any atom is 0.170 e. The fourth-order valence-electron chi connectivity index (χ4n) is 0.994. The van der Waals surface area contributed by atoms with Gasteiger partial charge in [0, 0.05) is 31.9 Å². The van der Waals surface area contributed by atoms with Crippen molar-refractivity contribution in [3.8, 4) is 0 Å². The molecule has 12 heavy (non-hydrogen) atoms. The fourth-order valence-corrected chi connectivity index (χ4v) is 1.19. The van der Waals surface area contributed by atoms with E-state index in [0.717, 1.165) is 6.54 Å². The highest BCUT2D eigenvalue weighted by atomic mass is 35.5. The van der Waals surface area contributed by atoms with Gasteiger partial charge in [-0.3, -0.25) is 0 Å². The van der Waals surface area contributed by atoms with Crippen molar-refractivity contribution >= 4 is 17.3 Å². The van der Waals surface area contributed by atoms with E-state index in [1.54, 1.807) is 0 Å². The van der Waals surface area contributed by atoms with Crippen LogP contribution in [0, 0.1) is 0 Å². The highest BCUT2D eigenvalue weighted by Gasteiger charge is 1.99. The fraction of sp³-hybridized carbons (Fsp3) is 0.444. The van der Waals surface area contributed by atoms with Gasteiger partial charge in [-0.05, 0) is 0 Å². The molecule has 0 aliphatic rings. The van der Waals surface area contributed by atoms with E-state index >= 15 is 0 Å². The second kappa shape index (κ2) is 4.31. The van der Waals surface area contributed by atoms with Crippen molar-refractivity contribution in [2.24, 2.45) is 0 Å². The van der Waals surface area contributed by atoms with Gasteiger partial charge < -0.3 is 4.90 Å². The Kier molecular flexibility index (Phi) is 3.35. The van der Waals surface area contributed by atoms with Gasteiger partial charge in [0.15, 0.2) is 18.9 Å². The maximum absolute atomic E-state index is 5.61. The molecular weight excluding hydrogens is 172 g/mol. The van der Waals surface area contributed by atoms with Gasteiger partial charge >= 0.3 is 0 Å². The van der Waals surface area contributed by atoms with Crippen molar-refractivity contribution in [3.63, 3.8) is 0 Å². The van der Waals surface area contributed by atoms with E-state index in [4.69, 9.17) is 11.6 Å². The van der Waals surface area contributed by atoms with Gasteiger partial charge in [0.25, 0.3) is 0 Å². The van der Waals surface area contributed by atoms with Gasteiger partial charge in [-0.15, -0.1) is 11.6 Å². The molecule has 1 aromatic heterocycles. The van der Waals surface area contributed by atoms with Crippen molar-refractivity contribution in [2.75, 3.05) is 24.9 Å². The summed E-state index contributed by atoms with van der Waals surface area (Å²) in [5.74, 6) is 0.659. The molecule has 0 atom stereocenters. The molecule has 3 heteroatoms. The lowest BCUT2D eigenvalue weighted by atomic mass is 10.4. The smallest absolute Gasteiger partial charge is 0.170 e. The standard InChI is InChI=1S/C9H14ClN2/c1-11(2)9-3-6-12(7-4-9)8-5-10/h3-4,6-7H,5,8H2,1-2H3/q+1. The Morgan fingerprint density at radius 2 is 1.92 bits per heavy atom. The second-order valence-corrected chi connectivity index (χ2v) is 3.26. The molecule has 0 saturated carbocycles. The lowest BCUT2D eigenvalue weighted by molar-refractivity contribution is -0.692. The molecule has 0 spiro atoms. The van der Waals surface area contributed by atoms with E-state index in [9.17, 15) is 0 Å². The van der Waals surface area contributed by atoms with Crippen molar-refractivity contribution in [1.29, 1.82) is 0 Å². The summed E-state index contributed by atoms with van der Waals surface area (Å²) in [6.07, 6.45) is 4.08. The van der Waals surface area contributed by atoms with Crippen molar-refractivity contribution in [3.05, 3.63) is 24.5 Å². The highest BCUT2D eigenvalue weighted by molar-refractivity contribution is 6.17. The van der Waals surface area contributed by atoms with E-state index in [-0.39, 0.29) is 0 Å². The van der Waals surface area contributed by atoms with Crippen LogP contribution in [0.4, 0.5) is 5.69 Å². The summed E-state index contributed by atoms with van der Waals surface area (Å²) in [4.78, 5) is 2.07. The predicted octanol–water partition coefficient (Wildman–Crippen LogP) is 1.28. The number of aryl methyl sites for hydroxylation is 1. The second-order valence-electron chi connectivity index (χ2n) is 2.88. The van der Waals surface area contributed by atoms with E-state index in [0.29, 0.717) is 5.88 Å². The van der Waals surface area contributed by atoms with Crippen LogP contribution >= 0.6 is 11.6 Å². The minimum Gasteiger partial charge on any atom is -0.377 e. The molecule has 1 aromatic rings. The van der Waals surface area contributed by atoms with Crippen LogP contribution in [0.25, 0.3) is 0 Å². The Bertz CT molecular complexity index is 231. The van der Waals surface area contributed by atoms with Crippen LogP contribution in [-0.2, 0) is 6.54 Å². The van der Waals surface area contributed by atoms with Crippen molar-refractivity contribution in [1.82, 2.24) is 0 Å². The van der Waals surface area contributed by atoms with E-state index < -0.39 is 0 Å². The predicted molar refractivity (Wildman–Crippen MR) is 51.7 cm³/mol. The average Bonchev–Trinajstić information content (AvgIpc) is 2.06. The lowest BCUT2D eigenvalue weighted by Crippen LogP contribution is -2.33. The van der Waals surface area contributed by atoms with Gasteiger partial charge in [0.1, 0.15) is 0 Å². The van der Waals surface area contributed by atoms with E-state index in [1.807, 2.05) is 26.5 Å². The number of halogens is 1. The summed E-state index contributed by atoms with van der Waals surface area (Å²) in [6, 6.07) is 4.15. The van der Waals surface area contributed by atoms with Gasteiger partial charge in [-0.25, -0.2) is 4.57 Å². The first-order chi connectivity index (χ1) is 5.74. The quantitative estimate of drug-likeness (QED) is 0.509. The molecule has 0 unspecified atom stereocenters. The first-order valence-corrected chi connectivity index (χ1v) is 4.50. The average molecular weight is 186 g/mol. The van der Waals surface area contributed by atoms with Crippen LogP contribution < -0.4 is 9.47 Å². The Labute approximate surface area is 78.4 Å². The molecule has 0 N–H and O–H groups in total. The Hall–Kier alpha value is -0.760. The number of hydrogen-bond acceptors (Lipinski definition) is 1. The molecule has 0 fully saturated rings. The molecule has 0 bridgehead atoms. The Morgan fingerprint density at radius 1 is 1.33 bits per heavy atom. The van der Waals surface area contributed by atoms with Crippen LogP contribution in [0.5, 0.6) is 0 Å². The number of nitrogens with zero attached hydrogens (tertiary/aromatic N) is 2. The van der Waals surface area contributed by atoms with Crippen molar-refractivity contribution < 1.29 is 4.57 Å². The summed E-state index contributed by atoms with van der Waals surface area (Å²) >= 11 is 5.61. The van der Waals surface area contributed by atoms with E-state index in [2.05, 4.69) is 21.6 Å². The number of alkyl halides is 1. The SMILES string of the molecule is CN(C)c1cc[n+](CCCl)cc1. The van der Waals surface area contributed by atoms with Crippen molar-refractivity contribution in [2.45, 2.75) is 6.54 Å². The molecule has 0 amide bonds. The van der Waals surface area contributed by atoms with Gasteiger partial charge in [0.2, 0.25) is 0 Å². The van der Waals surface area contributed by atoms with Gasteiger partial charge in [-0.1, -0.05) is 0 Å². The summed E-state index contributed by atoms with van der Waals surface area (Å²) < 4.78 is 2.07. The Balaban J connectivity index is 2.71. The largest absolute Gasteiger partial charge is 0.377 e. The molecule has 2 nitrogen and oxygen atoms in total. The highest BCUT2D eigenvalue weighted by Crippen LogP contribution is 2.05. The molecule has 1 heterocycles. The zero-order valence-corrected chi connectivity index (χ0v) is 8.25. The summed E-state index contributed by atoms with van der Waals surface area (Å²) in [7, 11) is 4.06. The topological polar surface area (TPSA) is 7.12 Å². The minimum atomic E-state index is 0.659. The Morgan fingerprint density at radius 3 is 2.33 bits per heavy atom. The third-order valence-electron chi connectivity index (χ3n) is 1.73. The van der Waals surface area contributed by atoms with Crippen LogP contribution in [0.2, 0.25) is 0 Å². The first kappa shape index (κ1) is 9.33. The minimum absolute atomic E-state index is 0.659. The summed E-state index contributed by atoms with van der Waals surface area (Å²) in [6.45, 7) is 0.870. The maximum atomic E-state index is 5.61. The molecule has 66 valence electrons. The normalized spacial score (nSPS) is 9.92. The number of rotatable bonds is 3. The number of aromatic nitrogens is 1. The summed E-state index contributed by atoms with van der Waals surface area (Å²) in [5, 5.41) is 0. The molecular formula is C9H14ClN2+. The number of hydrogen-bond donors (Lipinski definition) is 0. The van der Waals surface area contributed by atoms with Gasteiger partial charge in [0.05, 0.1) is 5.88 Å². The monoisotopic (exact) mass is 185 g/mol. The van der Waals surface area contributed by atoms with Gasteiger partial charge in [-0.2, -0.15) is 0 Å². The zero-order valence-electron chi connectivity index (χ0n) is 7.50. The molecule has 0 aliphatic heterocycles. The van der Waals surface area contributed by atoms with Crippen LogP contribution in [-0.4, -0.2) is 20.0 Å².